The van der Waals surface area contributed by atoms with Crippen molar-refractivity contribution in [1.29, 1.82) is 0 Å². The monoisotopic (exact) mass is 268 g/mol. The summed E-state index contributed by atoms with van der Waals surface area (Å²) in [6.07, 6.45) is 5.33. The Morgan fingerprint density at radius 3 is 2.84 bits per heavy atom. The average molecular weight is 268 g/mol. The smallest absolute Gasteiger partial charge is 0.223 e. The Morgan fingerprint density at radius 2 is 2.16 bits per heavy atom. The summed E-state index contributed by atoms with van der Waals surface area (Å²) in [6.45, 7) is 5.93. The van der Waals surface area contributed by atoms with Crippen molar-refractivity contribution in [1.82, 2.24) is 5.32 Å². The van der Waals surface area contributed by atoms with Gasteiger partial charge in [0.2, 0.25) is 5.91 Å². The van der Waals surface area contributed by atoms with E-state index in [1.807, 2.05) is 0 Å². The summed E-state index contributed by atoms with van der Waals surface area (Å²) in [4.78, 5) is 12.2. The maximum Gasteiger partial charge on any atom is 0.223 e. The lowest BCUT2D eigenvalue weighted by Crippen LogP contribution is -2.43. The van der Waals surface area contributed by atoms with Crippen molar-refractivity contribution in [3.63, 3.8) is 0 Å². The largest absolute Gasteiger partial charge is 0.378 e. The van der Waals surface area contributed by atoms with Gasteiger partial charge >= 0.3 is 0 Å². The molecule has 2 fully saturated rings. The molecule has 5 unspecified atom stereocenters. The standard InChI is InChI=1S/C15H28N2O2/c1-3-14-12(6-7-19-14)9-17-15(18)11-5-4-10(2)13(16)8-11/h10-14H,3-9,16H2,1-2H3,(H,17,18). The fraction of sp³-hybridized carbons (Fsp3) is 0.933. The van der Waals surface area contributed by atoms with Gasteiger partial charge in [0, 0.05) is 31.0 Å². The van der Waals surface area contributed by atoms with Gasteiger partial charge in [0.05, 0.1) is 6.10 Å². The number of ether oxygens (including phenoxy) is 1. The molecule has 1 aliphatic heterocycles. The average Bonchev–Trinajstić information content (AvgIpc) is 2.86. The van der Waals surface area contributed by atoms with E-state index >= 15 is 0 Å². The first-order chi connectivity index (χ1) is 9.11. The van der Waals surface area contributed by atoms with E-state index < -0.39 is 0 Å². The van der Waals surface area contributed by atoms with Crippen LogP contribution in [0.1, 0.15) is 46.0 Å². The van der Waals surface area contributed by atoms with Gasteiger partial charge < -0.3 is 15.8 Å². The zero-order valence-corrected chi connectivity index (χ0v) is 12.2. The molecule has 0 bridgehead atoms. The lowest BCUT2D eigenvalue weighted by Gasteiger charge is -2.31. The number of hydrogen-bond acceptors (Lipinski definition) is 3. The zero-order chi connectivity index (χ0) is 13.8. The number of carbonyl (C=O) groups is 1. The van der Waals surface area contributed by atoms with Gasteiger partial charge in [0.25, 0.3) is 0 Å². The maximum atomic E-state index is 12.2. The summed E-state index contributed by atoms with van der Waals surface area (Å²) in [5.41, 5.74) is 6.07. The number of nitrogens with one attached hydrogen (secondary N) is 1. The highest BCUT2D eigenvalue weighted by molar-refractivity contribution is 5.78. The van der Waals surface area contributed by atoms with Gasteiger partial charge in [-0.05, 0) is 38.0 Å². The highest BCUT2D eigenvalue weighted by atomic mass is 16.5. The van der Waals surface area contributed by atoms with Crippen molar-refractivity contribution in [3.8, 4) is 0 Å². The molecule has 0 spiro atoms. The molecule has 1 heterocycles. The van der Waals surface area contributed by atoms with Crippen molar-refractivity contribution in [2.75, 3.05) is 13.2 Å². The SMILES string of the molecule is CCC1OCCC1CNC(=O)C1CCC(C)C(N)C1. The lowest BCUT2D eigenvalue weighted by atomic mass is 9.79. The topological polar surface area (TPSA) is 64.3 Å². The summed E-state index contributed by atoms with van der Waals surface area (Å²) in [7, 11) is 0. The van der Waals surface area contributed by atoms with Crippen molar-refractivity contribution in [3.05, 3.63) is 0 Å². The molecular weight excluding hydrogens is 240 g/mol. The second-order valence-electron chi connectivity index (χ2n) is 6.26. The summed E-state index contributed by atoms with van der Waals surface area (Å²) < 4.78 is 5.65. The maximum absolute atomic E-state index is 12.2. The molecule has 1 saturated heterocycles. The van der Waals surface area contributed by atoms with E-state index in [2.05, 4.69) is 19.2 Å². The molecule has 2 rings (SSSR count). The minimum Gasteiger partial charge on any atom is -0.378 e. The van der Waals surface area contributed by atoms with Crippen LogP contribution < -0.4 is 11.1 Å². The van der Waals surface area contributed by atoms with Crippen LogP contribution in [-0.2, 0) is 9.53 Å². The predicted octanol–water partition coefficient (Wildman–Crippen LogP) is 1.68. The molecular formula is C15H28N2O2. The Bertz CT molecular complexity index is 309. The molecule has 0 aromatic rings. The second-order valence-corrected chi connectivity index (χ2v) is 6.26. The molecule has 0 aromatic carbocycles. The molecule has 4 heteroatoms. The van der Waals surface area contributed by atoms with Crippen molar-refractivity contribution in [2.45, 2.75) is 58.1 Å². The highest BCUT2D eigenvalue weighted by Crippen LogP contribution is 2.28. The molecule has 0 radical (unpaired) electrons. The number of carbonyl (C=O) groups excluding carboxylic acids is 1. The van der Waals surface area contributed by atoms with Crippen LogP contribution in [0.3, 0.4) is 0 Å². The minimum absolute atomic E-state index is 0.119. The van der Waals surface area contributed by atoms with Gasteiger partial charge in [-0.25, -0.2) is 0 Å². The predicted molar refractivity (Wildman–Crippen MR) is 75.6 cm³/mol. The van der Waals surface area contributed by atoms with E-state index in [-0.39, 0.29) is 17.9 Å². The third-order valence-corrected chi connectivity index (χ3v) is 4.92. The van der Waals surface area contributed by atoms with Gasteiger partial charge in [-0.1, -0.05) is 13.8 Å². The second kappa shape index (κ2) is 6.71. The number of hydrogen-bond donors (Lipinski definition) is 2. The molecule has 0 aromatic heterocycles. The summed E-state index contributed by atoms with van der Waals surface area (Å²) >= 11 is 0. The molecule has 1 amide bonds. The van der Waals surface area contributed by atoms with E-state index in [1.165, 1.54) is 0 Å². The van der Waals surface area contributed by atoms with Crippen LogP contribution in [0.2, 0.25) is 0 Å². The van der Waals surface area contributed by atoms with E-state index in [9.17, 15) is 4.79 Å². The normalized spacial score (nSPS) is 39.2. The Labute approximate surface area is 116 Å². The fourth-order valence-corrected chi connectivity index (χ4v) is 3.35. The Kier molecular flexibility index (Phi) is 5.22. The number of rotatable bonds is 4. The van der Waals surface area contributed by atoms with Crippen molar-refractivity contribution < 1.29 is 9.53 Å². The number of amides is 1. The molecule has 3 N–H and O–H groups in total. The van der Waals surface area contributed by atoms with Crippen LogP contribution in [0, 0.1) is 17.8 Å². The molecule has 4 nitrogen and oxygen atoms in total. The van der Waals surface area contributed by atoms with Gasteiger partial charge in [-0.2, -0.15) is 0 Å². The summed E-state index contributed by atoms with van der Waals surface area (Å²) in [5, 5.41) is 3.12. The highest BCUT2D eigenvalue weighted by Gasteiger charge is 2.31. The van der Waals surface area contributed by atoms with Crippen LogP contribution in [0.25, 0.3) is 0 Å². The van der Waals surface area contributed by atoms with Crippen LogP contribution in [0.15, 0.2) is 0 Å². The van der Waals surface area contributed by atoms with E-state index in [4.69, 9.17) is 10.5 Å². The van der Waals surface area contributed by atoms with E-state index in [0.717, 1.165) is 45.3 Å². The third-order valence-electron chi connectivity index (χ3n) is 4.92. The quantitative estimate of drug-likeness (QED) is 0.815. The van der Waals surface area contributed by atoms with E-state index in [0.29, 0.717) is 17.9 Å². The first-order valence-corrected chi connectivity index (χ1v) is 7.76. The Hall–Kier alpha value is -0.610. The molecule has 1 saturated carbocycles. The van der Waals surface area contributed by atoms with Crippen LogP contribution in [-0.4, -0.2) is 31.2 Å². The first kappa shape index (κ1) is 14.8. The lowest BCUT2D eigenvalue weighted by molar-refractivity contribution is -0.126. The van der Waals surface area contributed by atoms with Crippen molar-refractivity contribution >= 4 is 5.91 Å². The molecule has 19 heavy (non-hydrogen) atoms. The molecule has 110 valence electrons. The molecule has 5 atom stereocenters. The Balaban J connectivity index is 1.75. The van der Waals surface area contributed by atoms with Crippen LogP contribution in [0.4, 0.5) is 0 Å². The van der Waals surface area contributed by atoms with Crippen LogP contribution >= 0.6 is 0 Å². The molecule has 2 aliphatic rings. The third kappa shape index (κ3) is 3.69. The Morgan fingerprint density at radius 1 is 1.37 bits per heavy atom. The number of nitrogens with two attached hydrogens (primary N) is 1. The zero-order valence-electron chi connectivity index (χ0n) is 12.2. The summed E-state index contributed by atoms with van der Waals surface area (Å²) in [6, 6.07) is 0.183. The first-order valence-electron chi connectivity index (χ1n) is 7.76. The van der Waals surface area contributed by atoms with Crippen LogP contribution in [0.5, 0.6) is 0 Å². The molecule has 1 aliphatic carbocycles. The van der Waals surface area contributed by atoms with Crippen molar-refractivity contribution in [2.24, 2.45) is 23.5 Å². The van der Waals surface area contributed by atoms with E-state index in [1.54, 1.807) is 0 Å². The summed E-state index contributed by atoms with van der Waals surface area (Å²) in [5.74, 6) is 1.36. The minimum atomic E-state index is 0.119. The van der Waals surface area contributed by atoms with Gasteiger partial charge in [-0.15, -0.1) is 0 Å². The fourth-order valence-electron chi connectivity index (χ4n) is 3.35. The van der Waals surface area contributed by atoms with Gasteiger partial charge in [0.1, 0.15) is 0 Å². The van der Waals surface area contributed by atoms with Gasteiger partial charge in [0.15, 0.2) is 0 Å². The van der Waals surface area contributed by atoms with Gasteiger partial charge in [-0.3, -0.25) is 4.79 Å².